The Morgan fingerprint density at radius 2 is 1.56 bits per heavy atom. The maximum atomic E-state index is 13.0. The van der Waals surface area contributed by atoms with Crippen LogP contribution in [0.25, 0.3) is 11.3 Å². The molecule has 178 valence electrons. The number of pyridine rings is 1. The number of anilines is 1. The number of carbonyl (C=O) groups excluding carboxylic acids is 2. The van der Waals surface area contributed by atoms with Crippen molar-refractivity contribution < 1.29 is 18.7 Å². The van der Waals surface area contributed by atoms with Crippen molar-refractivity contribution in [2.75, 3.05) is 11.9 Å². The zero-order valence-electron chi connectivity index (χ0n) is 19.7. The van der Waals surface area contributed by atoms with E-state index >= 15 is 0 Å². The van der Waals surface area contributed by atoms with Crippen LogP contribution in [-0.2, 0) is 9.59 Å². The average Bonchev–Trinajstić information content (AvgIpc) is 3.65. The summed E-state index contributed by atoms with van der Waals surface area (Å²) >= 11 is 0. The van der Waals surface area contributed by atoms with Crippen LogP contribution in [-0.4, -0.2) is 23.3 Å². The van der Waals surface area contributed by atoms with Crippen LogP contribution in [0.5, 0.6) is 11.5 Å². The lowest BCUT2D eigenvalue weighted by molar-refractivity contribution is -0.125. The van der Waals surface area contributed by atoms with E-state index in [-0.39, 0.29) is 30.1 Å². The maximum Gasteiger partial charge on any atom is 0.244 e. The number of ether oxygens (including phenoxy) is 1. The van der Waals surface area contributed by atoms with Crippen LogP contribution < -0.4 is 15.4 Å². The van der Waals surface area contributed by atoms with Crippen LogP contribution in [0, 0.1) is 17.7 Å². The van der Waals surface area contributed by atoms with Gasteiger partial charge >= 0.3 is 0 Å². The highest BCUT2D eigenvalue weighted by Crippen LogP contribution is 2.28. The summed E-state index contributed by atoms with van der Waals surface area (Å²) in [5.41, 5.74) is 1.53. The Kier molecular flexibility index (Phi) is 8.73. The van der Waals surface area contributed by atoms with E-state index in [1.54, 1.807) is 36.4 Å². The normalized spacial score (nSPS) is 12.4. The van der Waals surface area contributed by atoms with Crippen molar-refractivity contribution >= 4 is 17.6 Å². The van der Waals surface area contributed by atoms with Crippen LogP contribution in [0.3, 0.4) is 0 Å². The van der Waals surface area contributed by atoms with Crippen molar-refractivity contribution in [3.63, 3.8) is 0 Å². The molecule has 1 aliphatic carbocycles. The predicted molar refractivity (Wildman–Crippen MR) is 131 cm³/mol. The Hall–Kier alpha value is -3.74. The van der Waals surface area contributed by atoms with Crippen molar-refractivity contribution in [2.45, 2.75) is 33.6 Å². The zero-order chi connectivity index (χ0) is 24.5. The molecule has 6 nitrogen and oxygen atoms in total. The second kappa shape index (κ2) is 11.9. The Balaban J connectivity index is 0.000000751. The third-order valence-electron chi connectivity index (χ3n) is 4.59. The molecule has 1 fully saturated rings. The molecule has 2 aromatic carbocycles. The molecule has 0 aliphatic heterocycles. The van der Waals surface area contributed by atoms with Crippen LogP contribution in [0.15, 0.2) is 66.7 Å². The molecule has 4 rings (SSSR count). The highest BCUT2D eigenvalue weighted by Gasteiger charge is 2.29. The van der Waals surface area contributed by atoms with Gasteiger partial charge in [-0.2, -0.15) is 0 Å². The molecule has 1 heterocycles. The van der Waals surface area contributed by atoms with E-state index in [4.69, 9.17) is 4.74 Å². The van der Waals surface area contributed by atoms with Crippen molar-refractivity contribution in [1.29, 1.82) is 0 Å². The summed E-state index contributed by atoms with van der Waals surface area (Å²) in [6.07, 6.45) is 1.79. The maximum absolute atomic E-state index is 13.0. The van der Waals surface area contributed by atoms with E-state index in [0.717, 1.165) is 24.3 Å². The topological polar surface area (TPSA) is 80.3 Å². The van der Waals surface area contributed by atoms with Crippen molar-refractivity contribution in [3.8, 4) is 22.8 Å². The minimum Gasteiger partial charge on any atom is -0.457 e. The first-order chi connectivity index (χ1) is 16.3. The smallest absolute Gasteiger partial charge is 0.244 e. The quantitative estimate of drug-likeness (QED) is 0.464. The number of nitrogens with zero attached hydrogens (tertiary/aromatic N) is 1. The first kappa shape index (κ1) is 24.9. The monoisotopic (exact) mass is 463 g/mol. The Bertz CT molecular complexity index is 1090. The molecule has 0 saturated heterocycles. The van der Waals surface area contributed by atoms with Gasteiger partial charge in [0.15, 0.2) is 0 Å². The van der Waals surface area contributed by atoms with Crippen molar-refractivity contribution in [1.82, 2.24) is 10.3 Å². The van der Waals surface area contributed by atoms with Gasteiger partial charge in [-0.3, -0.25) is 9.59 Å². The minimum atomic E-state index is -0.323. The highest BCUT2D eigenvalue weighted by atomic mass is 19.1. The SMILES string of the molecule is CC(C)C.O=C(CNC(=O)C1CC1)Nc1cccc(-c2ccc(Oc3ccc(F)cc3)cc2)n1. The highest BCUT2D eigenvalue weighted by molar-refractivity contribution is 5.94. The minimum absolute atomic E-state index is 0.0641. The predicted octanol–water partition coefficient (Wildman–Crippen LogP) is 5.81. The molecule has 7 heteroatoms. The molecular weight excluding hydrogens is 433 g/mol. The van der Waals surface area contributed by atoms with Gasteiger partial charge in [-0.05, 0) is 79.4 Å². The second-order valence-electron chi connectivity index (χ2n) is 8.76. The summed E-state index contributed by atoms with van der Waals surface area (Å²) < 4.78 is 18.7. The molecule has 1 aliphatic rings. The molecule has 2 amide bonds. The van der Waals surface area contributed by atoms with Gasteiger partial charge in [0.1, 0.15) is 23.1 Å². The van der Waals surface area contributed by atoms with Crippen LogP contribution >= 0.6 is 0 Å². The molecule has 34 heavy (non-hydrogen) atoms. The molecule has 0 unspecified atom stereocenters. The number of halogens is 1. The molecule has 0 spiro atoms. The van der Waals surface area contributed by atoms with Crippen LogP contribution in [0.4, 0.5) is 10.2 Å². The van der Waals surface area contributed by atoms with Gasteiger partial charge in [0.05, 0.1) is 12.2 Å². The first-order valence-electron chi connectivity index (χ1n) is 11.4. The van der Waals surface area contributed by atoms with Crippen LogP contribution in [0.2, 0.25) is 0 Å². The summed E-state index contributed by atoms with van der Waals surface area (Å²) in [7, 11) is 0. The molecule has 0 bridgehead atoms. The number of rotatable bonds is 7. The van der Waals surface area contributed by atoms with E-state index < -0.39 is 0 Å². The average molecular weight is 464 g/mol. The summed E-state index contributed by atoms with van der Waals surface area (Å²) in [6, 6.07) is 18.4. The van der Waals surface area contributed by atoms with E-state index in [1.807, 2.05) is 18.2 Å². The summed E-state index contributed by atoms with van der Waals surface area (Å²) in [4.78, 5) is 28.1. The standard InChI is InChI=1S/C23H20FN3O3.C4H10/c24-17-8-12-19(13-9-17)30-18-10-6-15(7-11-18)20-2-1-3-21(26-20)27-22(28)14-25-23(29)16-4-5-16;1-4(2)3/h1-3,6-13,16H,4-5,14H2,(H,25,29)(H,26,27,28);4H,1-3H3. The van der Waals surface area contributed by atoms with Crippen molar-refractivity contribution in [3.05, 3.63) is 72.5 Å². The number of amides is 2. The van der Waals surface area contributed by atoms with Gasteiger partial charge in [0.25, 0.3) is 0 Å². The summed E-state index contributed by atoms with van der Waals surface area (Å²) in [5, 5.41) is 5.32. The fourth-order valence-electron chi connectivity index (χ4n) is 2.84. The number of aromatic nitrogens is 1. The molecular formula is C27H30FN3O3. The largest absolute Gasteiger partial charge is 0.457 e. The Morgan fingerprint density at radius 1 is 0.971 bits per heavy atom. The third kappa shape index (κ3) is 8.31. The first-order valence-corrected chi connectivity index (χ1v) is 11.4. The van der Waals surface area contributed by atoms with Gasteiger partial charge in [0.2, 0.25) is 11.8 Å². The molecule has 3 aromatic rings. The van der Waals surface area contributed by atoms with E-state index in [1.165, 1.54) is 12.1 Å². The van der Waals surface area contributed by atoms with Gasteiger partial charge in [-0.15, -0.1) is 0 Å². The van der Waals surface area contributed by atoms with E-state index in [0.29, 0.717) is 23.0 Å². The lowest BCUT2D eigenvalue weighted by atomic mass is 10.1. The van der Waals surface area contributed by atoms with Crippen LogP contribution in [0.1, 0.15) is 33.6 Å². The van der Waals surface area contributed by atoms with Gasteiger partial charge in [-0.25, -0.2) is 9.37 Å². The van der Waals surface area contributed by atoms with E-state index in [2.05, 4.69) is 36.4 Å². The summed E-state index contributed by atoms with van der Waals surface area (Å²) in [6.45, 7) is 6.43. The number of benzene rings is 2. The lowest BCUT2D eigenvalue weighted by Gasteiger charge is -2.09. The molecule has 2 N–H and O–H groups in total. The molecule has 0 atom stereocenters. The van der Waals surface area contributed by atoms with Gasteiger partial charge < -0.3 is 15.4 Å². The molecule has 1 saturated carbocycles. The lowest BCUT2D eigenvalue weighted by Crippen LogP contribution is -2.33. The van der Waals surface area contributed by atoms with Gasteiger partial charge in [-0.1, -0.05) is 26.8 Å². The Morgan fingerprint density at radius 3 is 2.15 bits per heavy atom. The molecule has 0 radical (unpaired) electrons. The number of nitrogens with one attached hydrogen (secondary N) is 2. The number of hydrogen-bond acceptors (Lipinski definition) is 4. The fraction of sp³-hybridized carbons (Fsp3) is 0.296. The number of carbonyl (C=O) groups is 2. The van der Waals surface area contributed by atoms with Gasteiger partial charge in [0, 0.05) is 11.5 Å². The third-order valence-corrected chi connectivity index (χ3v) is 4.59. The Labute approximate surface area is 199 Å². The number of hydrogen-bond donors (Lipinski definition) is 2. The van der Waals surface area contributed by atoms with Crippen molar-refractivity contribution in [2.24, 2.45) is 11.8 Å². The van der Waals surface area contributed by atoms with E-state index in [9.17, 15) is 14.0 Å². The zero-order valence-corrected chi connectivity index (χ0v) is 19.7. The molecule has 1 aromatic heterocycles. The summed E-state index contributed by atoms with van der Waals surface area (Å²) in [5.74, 6) is 1.74. The second-order valence-corrected chi connectivity index (χ2v) is 8.76. The fourth-order valence-corrected chi connectivity index (χ4v) is 2.84.